The maximum atomic E-state index is 11.9. The van der Waals surface area contributed by atoms with Gasteiger partial charge in [-0.1, -0.05) is 36.9 Å². The molecule has 1 aromatic rings. The van der Waals surface area contributed by atoms with Crippen LogP contribution in [0, 0.1) is 0 Å². The van der Waals surface area contributed by atoms with Crippen LogP contribution >= 0.6 is 0 Å². The average molecular weight is 208 g/mol. The summed E-state index contributed by atoms with van der Waals surface area (Å²) in [6.07, 6.45) is 2.89. The molecule has 0 amide bonds. The zero-order valence-corrected chi connectivity index (χ0v) is 8.79. The van der Waals surface area contributed by atoms with E-state index in [1.165, 1.54) is 12.2 Å². The number of sulfone groups is 1. The highest BCUT2D eigenvalue weighted by atomic mass is 32.2. The quantitative estimate of drug-likeness (QED) is 0.715. The van der Waals surface area contributed by atoms with Gasteiger partial charge in [0.15, 0.2) is 0 Å². The van der Waals surface area contributed by atoms with Crippen molar-refractivity contribution in [1.29, 1.82) is 0 Å². The molecule has 2 nitrogen and oxygen atoms in total. The fourth-order valence-corrected chi connectivity index (χ4v) is 2.44. The lowest BCUT2D eigenvalue weighted by Crippen LogP contribution is -2.02. The molecule has 0 aliphatic rings. The van der Waals surface area contributed by atoms with Crippen LogP contribution in [-0.4, -0.2) is 8.42 Å². The lowest BCUT2D eigenvalue weighted by Gasteiger charge is -2.03. The summed E-state index contributed by atoms with van der Waals surface area (Å²) in [6, 6.07) is 8.32. The van der Waals surface area contributed by atoms with Crippen molar-refractivity contribution in [2.45, 2.75) is 11.8 Å². The molecule has 0 aromatic heterocycles. The van der Waals surface area contributed by atoms with Gasteiger partial charge in [-0.25, -0.2) is 8.42 Å². The first-order valence-corrected chi connectivity index (χ1v) is 5.70. The van der Waals surface area contributed by atoms with E-state index >= 15 is 0 Å². The van der Waals surface area contributed by atoms with Gasteiger partial charge in [-0.05, 0) is 19.1 Å². The van der Waals surface area contributed by atoms with Gasteiger partial charge >= 0.3 is 0 Å². The third kappa shape index (κ3) is 1.93. The molecule has 0 spiro atoms. The third-order valence-corrected chi connectivity index (χ3v) is 3.77. The summed E-state index contributed by atoms with van der Waals surface area (Å²) in [4.78, 5) is 0.539. The lowest BCUT2D eigenvalue weighted by atomic mass is 10.4. The van der Waals surface area contributed by atoms with Gasteiger partial charge in [-0.2, -0.15) is 0 Å². The third-order valence-electron chi connectivity index (χ3n) is 1.85. The monoisotopic (exact) mass is 208 g/mol. The van der Waals surface area contributed by atoms with E-state index in [2.05, 4.69) is 6.58 Å². The minimum absolute atomic E-state index is 0.240. The second-order valence-corrected chi connectivity index (χ2v) is 4.66. The fourth-order valence-electron chi connectivity index (χ4n) is 1.12. The number of benzene rings is 1. The highest BCUT2D eigenvalue weighted by molar-refractivity contribution is 7.95. The molecule has 0 atom stereocenters. The van der Waals surface area contributed by atoms with Gasteiger partial charge < -0.3 is 0 Å². The molecule has 0 heterocycles. The highest BCUT2D eigenvalue weighted by Crippen LogP contribution is 2.18. The van der Waals surface area contributed by atoms with Gasteiger partial charge in [0.1, 0.15) is 0 Å². The SMILES string of the molecule is C=C/C(=C\C)S(=O)(=O)c1ccccc1. The fraction of sp³-hybridized carbons (Fsp3) is 0.0909. The van der Waals surface area contributed by atoms with E-state index in [0.717, 1.165) is 0 Å². The van der Waals surface area contributed by atoms with Crippen LogP contribution in [0.5, 0.6) is 0 Å². The van der Waals surface area contributed by atoms with Crippen molar-refractivity contribution in [3.63, 3.8) is 0 Å². The van der Waals surface area contributed by atoms with Gasteiger partial charge in [0.25, 0.3) is 0 Å². The minimum Gasteiger partial charge on any atom is -0.219 e. The molecule has 0 N–H and O–H groups in total. The molecule has 0 aliphatic heterocycles. The van der Waals surface area contributed by atoms with Crippen LogP contribution < -0.4 is 0 Å². The van der Waals surface area contributed by atoms with Gasteiger partial charge in [0.05, 0.1) is 9.80 Å². The smallest absolute Gasteiger partial charge is 0.206 e. The van der Waals surface area contributed by atoms with E-state index in [9.17, 15) is 8.42 Å². The molecule has 0 aliphatic carbocycles. The predicted molar refractivity (Wildman–Crippen MR) is 57.6 cm³/mol. The Hall–Kier alpha value is -1.35. The maximum Gasteiger partial charge on any atom is 0.206 e. The van der Waals surface area contributed by atoms with Crippen molar-refractivity contribution in [2.24, 2.45) is 0 Å². The Kier molecular flexibility index (Phi) is 3.25. The van der Waals surface area contributed by atoms with Crippen LogP contribution in [-0.2, 0) is 9.84 Å². The van der Waals surface area contributed by atoms with Crippen LogP contribution in [0.2, 0.25) is 0 Å². The molecule has 74 valence electrons. The van der Waals surface area contributed by atoms with Crippen molar-refractivity contribution in [3.8, 4) is 0 Å². The van der Waals surface area contributed by atoms with Crippen LogP contribution in [0.3, 0.4) is 0 Å². The second kappa shape index (κ2) is 4.24. The Morgan fingerprint density at radius 2 is 1.86 bits per heavy atom. The van der Waals surface area contributed by atoms with Crippen molar-refractivity contribution in [1.82, 2.24) is 0 Å². The second-order valence-electron chi connectivity index (χ2n) is 2.71. The summed E-state index contributed by atoms with van der Waals surface area (Å²) in [5, 5.41) is 0. The first-order chi connectivity index (χ1) is 6.62. The van der Waals surface area contributed by atoms with E-state index < -0.39 is 9.84 Å². The molecular weight excluding hydrogens is 196 g/mol. The zero-order chi connectivity index (χ0) is 10.6. The number of allylic oxidation sites excluding steroid dienone is 2. The normalized spacial score (nSPS) is 12.5. The molecule has 1 rings (SSSR count). The van der Waals surface area contributed by atoms with Crippen molar-refractivity contribution in [3.05, 3.63) is 54.0 Å². The van der Waals surface area contributed by atoms with Gasteiger partial charge in [-0.15, -0.1) is 0 Å². The molecule has 0 saturated carbocycles. The van der Waals surface area contributed by atoms with Crippen molar-refractivity contribution in [2.75, 3.05) is 0 Å². The Morgan fingerprint density at radius 1 is 1.29 bits per heavy atom. The molecule has 1 aromatic carbocycles. The highest BCUT2D eigenvalue weighted by Gasteiger charge is 2.16. The van der Waals surface area contributed by atoms with Crippen LogP contribution in [0.15, 0.2) is 58.9 Å². The summed E-state index contributed by atoms with van der Waals surface area (Å²) in [7, 11) is -3.36. The number of hydrogen-bond donors (Lipinski definition) is 0. The summed E-state index contributed by atoms with van der Waals surface area (Å²) < 4.78 is 23.7. The van der Waals surface area contributed by atoms with Gasteiger partial charge in [-0.3, -0.25) is 0 Å². The molecule has 0 radical (unpaired) electrons. The zero-order valence-electron chi connectivity index (χ0n) is 7.97. The van der Waals surface area contributed by atoms with Gasteiger partial charge in [0, 0.05) is 0 Å². The first kappa shape index (κ1) is 10.7. The standard InChI is InChI=1S/C11H12O2S/c1-3-10(4-2)14(12,13)11-8-6-5-7-9-11/h3-9H,1H2,2H3/b10-4+. The largest absolute Gasteiger partial charge is 0.219 e. The molecule has 0 unspecified atom stereocenters. The van der Waals surface area contributed by atoms with Gasteiger partial charge in [0.2, 0.25) is 9.84 Å². The lowest BCUT2D eigenvalue weighted by molar-refractivity contribution is 0.603. The number of rotatable bonds is 3. The summed E-state index contributed by atoms with van der Waals surface area (Å²) in [5.74, 6) is 0. The Bertz CT molecular complexity index is 441. The topological polar surface area (TPSA) is 34.1 Å². The predicted octanol–water partition coefficient (Wildman–Crippen LogP) is 2.55. The maximum absolute atomic E-state index is 11.9. The molecule has 14 heavy (non-hydrogen) atoms. The Morgan fingerprint density at radius 3 is 2.29 bits per heavy atom. The summed E-state index contributed by atoms with van der Waals surface area (Å²) >= 11 is 0. The average Bonchev–Trinajstić information content (AvgIpc) is 2.20. The molecular formula is C11H12O2S. The van der Waals surface area contributed by atoms with Crippen molar-refractivity contribution >= 4 is 9.84 Å². The van der Waals surface area contributed by atoms with E-state index in [1.54, 1.807) is 37.3 Å². The molecule has 0 bridgehead atoms. The Balaban J connectivity index is 3.29. The molecule has 0 fully saturated rings. The van der Waals surface area contributed by atoms with E-state index in [0.29, 0.717) is 4.90 Å². The van der Waals surface area contributed by atoms with E-state index in [-0.39, 0.29) is 4.91 Å². The summed E-state index contributed by atoms with van der Waals surface area (Å²) in [6.45, 7) is 5.15. The van der Waals surface area contributed by atoms with Crippen molar-refractivity contribution < 1.29 is 8.42 Å². The van der Waals surface area contributed by atoms with E-state index in [1.807, 2.05) is 0 Å². The van der Waals surface area contributed by atoms with Crippen LogP contribution in [0.4, 0.5) is 0 Å². The van der Waals surface area contributed by atoms with E-state index in [4.69, 9.17) is 0 Å². The van der Waals surface area contributed by atoms with Crippen LogP contribution in [0.1, 0.15) is 6.92 Å². The molecule has 3 heteroatoms. The minimum atomic E-state index is -3.36. The first-order valence-electron chi connectivity index (χ1n) is 4.22. The molecule has 0 saturated heterocycles. The van der Waals surface area contributed by atoms with Crippen LogP contribution in [0.25, 0.3) is 0 Å². The summed E-state index contributed by atoms with van der Waals surface area (Å²) in [5.41, 5.74) is 0. The number of hydrogen-bond acceptors (Lipinski definition) is 2. The Labute approximate surface area is 84.5 Å².